The number of hydrogen-bond donors (Lipinski definition) is 1. The number of amides is 1. The zero-order chi connectivity index (χ0) is 23.1. The number of ether oxygens (including phenoxy) is 3. The maximum atomic E-state index is 12.5. The van der Waals surface area contributed by atoms with E-state index in [0.29, 0.717) is 35.3 Å². The first-order valence-corrected chi connectivity index (χ1v) is 10.6. The minimum Gasteiger partial charge on any atom is -0.493 e. The molecule has 7 nitrogen and oxygen atoms in total. The van der Waals surface area contributed by atoms with Crippen molar-refractivity contribution in [3.8, 4) is 11.5 Å². The average Bonchev–Trinajstić information content (AvgIpc) is 2.78. The van der Waals surface area contributed by atoms with Crippen LogP contribution in [0.3, 0.4) is 0 Å². The highest BCUT2D eigenvalue weighted by Crippen LogP contribution is 2.35. The molecule has 0 spiro atoms. The number of methoxy groups -OCH3 is 2. The molecule has 1 N–H and O–H groups in total. The normalized spacial score (nSPS) is 10.6. The van der Waals surface area contributed by atoms with E-state index >= 15 is 0 Å². The summed E-state index contributed by atoms with van der Waals surface area (Å²) in [5, 5.41) is 4.37. The number of nitrogens with zero attached hydrogens (tertiary/aromatic N) is 1. The number of carbonyl (C=O) groups excluding carboxylic acids is 2. The summed E-state index contributed by atoms with van der Waals surface area (Å²) in [6.45, 7) is 4.00. The first-order chi connectivity index (χ1) is 15.5. The third-order valence-corrected chi connectivity index (χ3v) is 5.03. The maximum Gasteiger partial charge on any atom is 0.340 e. The van der Waals surface area contributed by atoms with Gasteiger partial charge >= 0.3 is 5.97 Å². The van der Waals surface area contributed by atoms with Crippen molar-refractivity contribution >= 4 is 28.3 Å². The molecule has 0 aliphatic heterocycles. The molecule has 1 amide bonds. The van der Waals surface area contributed by atoms with Gasteiger partial charge in [-0.2, -0.15) is 0 Å². The van der Waals surface area contributed by atoms with Crippen LogP contribution in [-0.4, -0.2) is 37.7 Å². The maximum absolute atomic E-state index is 12.5. The molecule has 168 valence electrons. The number of aromatic nitrogens is 1. The Balaban J connectivity index is 2.04. The molecule has 0 aliphatic rings. The third-order valence-electron chi connectivity index (χ3n) is 5.03. The lowest BCUT2D eigenvalue weighted by Crippen LogP contribution is -2.10. The van der Waals surface area contributed by atoms with Crippen LogP contribution in [0.2, 0.25) is 0 Å². The largest absolute Gasteiger partial charge is 0.493 e. The second kappa shape index (κ2) is 10.6. The van der Waals surface area contributed by atoms with Crippen molar-refractivity contribution in [1.82, 2.24) is 4.98 Å². The van der Waals surface area contributed by atoms with Crippen LogP contribution in [0.1, 0.15) is 48.3 Å². The van der Waals surface area contributed by atoms with Gasteiger partial charge in [-0.1, -0.05) is 19.1 Å². The first kappa shape index (κ1) is 23.1. The van der Waals surface area contributed by atoms with Crippen LogP contribution < -0.4 is 14.8 Å². The highest BCUT2D eigenvalue weighted by Gasteiger charge is 2.18. The van der Waals surface area contributed by atoms with E-state index in [1.165, 1.54) is 6.20 Å². The standard InChI is InChI=1S/C25H28N2O5/c1-5-8-24(28)27-17-10-7-9-16(11-17)12-21-19-14-23(31-4)22(30-3)13-18(19)20(15-26-21)25(29)32-6-2/h7,9-11,13-15H,5-6,8,12H2,1-4H3,(H,27,28). The highest BCUT2D eigenvalue weighted by atomic mass is 16.5. The van der Waals surface area contributed by atoms with Gasteiger partial charge in [0.15, 0.2) is 11.5 Å². The summed E-state index contributed by atoms with van der Waals surface area (Å²) < 4.78 is 16.1. The number of fused-ring (bicyclic) bond motifs is 1. The minimum absolute atomic E-state index is 0.0103. The fourth-order valence-corrected chi connectivity index (χ4v) is 3.54. The molecule has 0 unspecified atom stereocenters. The molecule has 1 aromatic heterocycles. The lowest BCUT2D eigenvalue weighted by molar-refractivity contribution is -0.116. The Morgan fingerprint density at radius 1 is 1.00 bits per heavy atom. The van der Waals surface area contributed by atoms with E-state index in [4.69, 9.17) is 14.2 Å². The van der Waals surface area contributed by atoms with E-state index in [2.05, 4.69) is 10.3 Å². The van der Waals surface area contributed by atoms with E-state index in [0.717, 1.165) is 28.8 Å². The highest BCUT2D eigenvalue weighted by molar-refractivity contribution is 6.05. The third kappa shape index (κ3) is 5.17. The molecule has 7 heteroatoms. The molecule has 1 heterocycles. The summed E-state index contributed by atoms with van der Waals surface area (Å²) in [4.78, 5) is 29.0. The van der Waals surface area contributed by atoms with Gasteiger partial charge in [0.25, 0.3) is 0 Å². The van der Waals surface area contributed by atoms with Gasteiger partial charge in [0.05, 0.1) is 32.1 Å². The van der Waals surface area contributed by atoms with Crippen LogP contribution in [0.5, 0.6) is 11.5 Å². The Bertz CT molecular complexity index is 1130. The summed E-state index contributed by atoms with van der Waals surface area (Å²) in [6, 6.07) is 11.3. The first-order valence-electron chi connectivity index (χ1n) is 10.6. The van der Waals surface area contributed by atoms with Crippen molar-refractivity contribution in [3.05, 3.63) is 59.4 Å². The zero-order valence-electron chi connectivity index (χ0n) is 18.9. The predicted octanol–water partition coefficient (Wildman–Crippen LogP) is 4.76. The van der Waals surface area contributed by atoms with Crippen molar-refractivity contribution in [2.24, 2.45) is 0 Å². The summed E-state index contributed by atoms with van der Waals surface area (Å²) in [5.41, 5.74) is 2.86. The van der Waals surface area contributed by atoms with Crippen molar-refractivity contribution in [2.75, 3.05) is 26.1 Å². The second-order valence-corrected chi connectivity index (χ2v) is 7.27. The van der Waals surface area contributed by atoms with E-state index in [-0.39, 0.29) is 12.5 Å². The van der Waals surface area contributed by atoms with Gasteiger partial charge in [0.2, 0.25) is 5.91 Å². The SMILES string of the molecule is CCCC(=O)Nc1cccc(Cc2ncc(C(=O)OCC)c3cc(OC)c(OC)cc23)c1. The zero-order valence-corrected chi connectivity index (χ0v) is 18.9. The molecule has 0 atom stereocenters. The Hall–Kier alpha value is -3.61. The molecule has 0 bridgehead atoms. The molecule has 0 fully saturated rings. The average molecular weight is 437 g/mol. The number of anilines is 1. The lowest BCUT2D eigenvalue weighted by atomic mass is 9.99. The monoisotopic (exact) mass is 436 g/mol. The molecule has 0 saturated carbocycles. The molecular weight excluding hydrogens is 408 g/mol. The van der Waals surface area contributed by atoms with Crippen LogP contribution in [0, 0.1) is 0 Å². The number of rotatable bonds is 9. The lowest BCUT2D eigenvalue weighted by Gasteiger charge is -2.14. The van der Waals surface area contributed by atoms with Gasteiger partial charge in [-0.3, -0.25) is 9.78 Å². The molecular formula is C25H28N2O5. The van der Waals surface area contributed by atoms with Gasteiger partial charge in [0, 0.05) is 35.5 Å². The molecule has 0 radical (unpaired) electrons. The number of benzene rings is 2. The van der Waals surface area contributed by atoms with E-state index in [1.54, 1.807) is 27.2 Å². The fraction of sp³-hybridized carbons (Fsp3) is 0.320. The van der Waals surface area contributed by atoms with E-state index in [9.17, 15) is 9.59 Å². The molecule has 2 aromatic carbocycles. The van der Waals surface area contributed by atoms with Crippen molar-refractivity contribution in [3.63, 3.8) is 0 Å². The minimum atomic E-state index is -0.440. The van der Waals surface area contributed by atoms with Gasteiger partial charge in [-0.25, -0.2) is 4.79 Å². The van der Waals surface area contributed by atoms with Gasteiger partial charge < -0.3 is 19.5 Å². The smallest absolute Gasteiger partial charge is 0.340 e. The number of hydrogen-bond acceptors (Lipinski definition) is 6. The van der Waals surface area contributed by atoms with Crippen LogP contribution in [0.15, 0.2) is 42.6 Å². The quantitative estimate of drug-likeness (QED) is 0.487. The Kier molecular flexibility index (Phi) is 7.65. The number of nitrogens with one attached hydrogen (secondary N) is 1. The van der Waals surface area contributed by atoms with Gasteiger partial charge in [-0.05, 0) is 43.2 Å². The van der Waals surface area contributed by atoms with Crippen LogP contribution in [0.25, 0.3) is 10.8 Å². The van der Waals surface area contributed by atoms with E-state index < -0.39 is 5.97 Å². The van der Waals surface area contributed by atoms with Crippen molar-refractivity contribution in [2.45, 2.75) is 33.1 Å². The molecule has 0 saturated heterocycles. The van der Waals surface area contributed by atoms with Crippen molar-refractivity contribution in [1.29, 1.82) is 0 Å². The number of esters is 1. The summed E-state index contributed by atoms with van der Waals surface area (Å²) in [7, 11) is 3.11. The summed E-state index contributed by atoms with van der Waals surface area (Å²) in [6.07, 6.45) is 3.31. The second-order valence-electron chi connectivity index (χ2n) is 7.27. The van der Waals surface area contributed by atoms with Crippen LogP contribution >= 0.6 is 0 Å². The molecule has 3 rings (SSSR count). The Labute approximate surface area is 187 Å². The van der Waals surface area contributed by atoms with Gasteiger partial charge in [0.1, 0.15) is 0 Å². The Morgan fingerprint density at radius 2 is 1.72 bits per heavy atom. The predicted molar refractivity (Wildman–Crippen MR) is 124 cm³/mol. The Morgan fingerprint density at radius 3 is 2.38 bits per heavy atom. The number of pyridine rings is 1. The summed E-state index contributed by atoms with van der Waals surface area (Å²) in [5.74, 6) is 0.612. The number of carbonyl (C=O) groups is 2. The van der Waals surface area contributed by atoms with Crippen LogP contribution in [-0.2, 0) is 16.0 Å². The molecule has 0 aliphatic carbocycles. The van der Waals surface area contributed by atoms with Gasteiger partial charge in [-0.15, -0.1) is 0 Å². The van der Waals surface area contributed by atoms with Crippen LogP contribution in [0.4, 0.5) is 5.69 Å². The molecule has 32 heavy (non-hydrogen) atoms. The summed E-state index contributed by atoms with van der Waals surface area (Å²) >= 11 is 0. The topological polar surface area (TPSA) is 86.8 Å². The van der Waals surface area contributed by atoms with E-state index in [1.807, 2.05) is 37.3 Å². The molecule has 3 aromatic rings. The fourth-order valence-electron chi connectivity index (χ4n) is 3.54. The van der Waals surface area contributed by atoms with Crippen molar-refractivity contribution < 1.29 is 23.8 Å².